The highest BCUT2D eigenvalue weighted by atomic mass is 19.1. The molecule has 0 radical (unpaired) electrons. The van der Waals surface area contributed by atoms with Crippen LogP contribution in [0.5, 0.6) is 0 Å². The first-order valence-corrected chi connectivity index (χ1v) is 9.82. The van der Waals surface area contributed by atoms with Crippen LogP contribution in [0.2, 0.25) is 0 Å². The van der Waals surface area contributed by atoms with E-state index in [9.17, 15) is 9.18 Å². The minimum absolute atomic E-state index is 0.167. The number of carbonyl (C=O) groups is 1. The molecule has 0 spiro atoms. The number of benzene rings is 2. The van der Waals surface area contributed by atoms with E-state index in [1.807, 2.05) is 30.0 Å². The van der Waals surface area contributed by atoms with E-state index in [1.165, 1.54) is 17.7 Å². The van der Waals surface area contributed by atoms with Gasteiger partial charge in [-0.25, -0.2) is 9.38 Å². The quantitative estimate of drug-likeness (QED) is 0.439. The van der Waals surface area contributed by atoms with E-state index in [4.69, 9.17) is 0 Å². The minimum Gasteiger partial charge on any atom is -0.357 e. The highest BCUT2D eigenvalue weighted by molar-refractivity contribution is 5.95. The van der Waals surface area contributed by atoms with E-state index in [0.29, 0.717) is 25.5 Å². The largest absolute Gasteiger partial charge is 0.357 e. The maximum absolute atomic E-state index is 13.0. The van der Waals surface area contributed by atoms with Crippen LogP contribution in [0.25, 0.3) is 0 Å². The Labute approximate surface area is 165 Å². The fraction of sp³-hybridized carbons (Fsp3) is 0.364. The van der Waals surface area contributed by atoms with Gasteiger partial charge < -0.3 is 15.5 Å². The van der Waals surface area contributed by atoms with Crippen LogP contribution in [0, 0.1) is 5.82 Å². The minimum atomic E-state index is -0.247. The van der Waals surface area contributed by atoms with Crippen molar-refractivity contribution in [1.29, 1.82) is 0 Å². The molecule has 0 atom stereocenters. The maximum atomic E-state index is 13.0. The molecule has 0 aliphatic carbocycles. The second-order valence-corrected chi connectivity index (χ2v) is 6.78. The molecule has 0 saturated carbocycles. The number of hydrogen-bond donors (Lipinski definition) is 2. The Morgan fingerprint density at radius 2 is 1.93 bits per heavy atom. The maximum Gasteiger partial charge on any atom is 0.227 e. The molecule has 3 rings (SSSR count). The lowest BCUT2D eigenvalue weighted by Crippen LogP contribution is -2.38. The van der Waals surface area contributed by atoms with Crippen molar-refractivity contribution in [3.63, 3.8) is 0 Å². The molecular weight excluding hydrogens is 355 g/mol. The summed E-state index contributed by atoms with van der Waals surface area (Å²) >= 11 is 0. The van der Waals surface area contributed by atoms with Crippen molar-refractivity contribution in [2.75, 3.05) is 24.5 Å². The number of aliphatic imine (C=N–C) groups is 1. The molecule has 0 fully saturated rings. The van der Waals surface area contributed by atoms with Crippen molar-refractivity contribution >= 4 is 17.6 Å². The van der Waals surface area contributed by atoms with Gasteiger partial charge >= 0.3 is 0 Å². The molecule has 2 aromatic rings. The molecule has 1 aliphatic heterocycles. The highest BCUT2D eigenvalue weighted by Gasteiger charge is 2.23. The summed E-state index contributed by atoms with van der Waals surface area (Å²) in [6.07, 6.45) is 2.16. The summed E-state index contributed by atoms with van der Waals surface area (Å²) in [6.45, 7) is 4.66. The number of halogens is 1. The number of carbonyl (C=O) groups excluding carboxylic acids is 1. The molecule has 2 N–H and O–H groups in total. The van der Waals surface area contributed by atoms with Gasteiger partial charge in [-0.1, -0.05) is 30.3 Å². The summed E-state index contributed by atoms with van der Waals surface area (Å²) in [5, 5.41) is 6.45. The van der Waals surface area contributed by atoms with E-state index in [2.05, 4.69) is 21.7 Å². The lowest BCUT2D eigenvalue weighted by atomic mass is 10.2. The first-order chi connectivity index (χ1) is 13.7. The second-order valence-electron chi connectivity index (χ2n) is 6.78. The van der Waals surface area contributed by atoms with Gasteiger partial charge in [0.05, 0.1) is 6.54 Å². The first kappa shape index (κ1) is 19.9. The van der Waals surface area contributed by atoms with E-state index in [-0.39, 0.29) is 11.7 Å². The van der Waals surface area contributed by atoms with Gasteiger partial charge in [-0.05, 0) is 49.1 Å². The fourth-order valence-electron chi connectivity index (χ4n) is 3.28. The summed E-state index contributed by atoms with van der Waals surface area (Å²) in [7, 11) is 0. The van der Waals surface area contributed by atoms with Crippen molar-refractivity contribution in [3.8, 4) is 0 Å². The molecule has 1 amide bonds. The van der Waals surface area contributed by atoms with Gasteiger partial charge in [0.2, 0.25) is 5.91 Å². The first-order valence-electron chi connectivity index (χ1n) is 9.82. The fourth-order valence-corrected chi connectivity index (χ4v) is 3.28. The van der Waals surface area contributed by atoms with Crippen molar-refractivity contribution < 1.29 is 9.18 Å². The molecule has 148 valence electrons. The van der Waals surface area contributed by atoms with Gasteiger partial charge in [-0.2, -0.15) is 0 Å². The van der Waals surface area contributed by atoms with E-state index in [1.54, 1.807) is 12.1 Å². The number of hydrogen-bond acceptors (Lipinski definition) is 2. The number of fused-ring (bicyclic) bond motifs is 1. The predicted octanol–water partition coefficient (Wildman–Crippen LogP) is 3.25. The van der Waals surface area contributed by atoms with Gasteiger partial charge in [-0.3, -0.25) is 4.79 Å². The molecule has 0 bridgehead atoms. The normalized spacial score (nSPS) is 13.4. The van der Waals surface area contributed by atoms with Crippen LogP contribution in [0.15, 0.2) is 53.5 Å². The smallest absolute Gasteiger partial charge is 0.227 e. The number of amides is 1. The summed E-state index contributed by atoms with van der Waals surface area (Å²) in [4.78, 5) is 18.9. The molecule has 1 heterocycles. The molecule has 28 heavy (non-hydrogen) atoms. The zero-order valence-corrected chi connectivity index (χ0v) is 16.2. The molecular formula is C22H27FN4O. The van der Waals surface area contributed by atoms with E-state index in [0.717, 1.165) is 37.2 Å². The highest BCUT2D eigenvalue weighted by Crippen LogP contribution is 2.27. The van der Waals surface area contributed by atoms with Crippen LogP contribution in [-0.4, -0.2) is 31.5 Å². The summed E-state index contributed by atoms with van der Waals surface area (Å²) < 4.78 is 13.0. The Kier molecular flexibility index (Phi) is 7.00. The SMILES string of the molecule is CCNC(=NCc1ccc(F)cc1)NCCCC(=O)N1CCc2ccccc21. The van der Waals surface area contributed by atoms with Gasteiger partial charge in [0, 0.05) is 31.7 Å². The predicted molar refractivity (Wildman–Crippen MR) is 111 cm³/mol. The Bertz CT molecular complexity index is 820. The Hall–Kier alpha value is -2.89. The van der Waals surface area contributed by atoms with Crippen LogP contribution in [0.4, 0.5) is 10.1 Å². The molecule has 5 nitrogen and oxygen atoms in total. The average Bonchev–Trinajstić information content (AvgIpc) is 3.14. The number of nitrogens with zero attached hydrogens (tertiary/aromatic N) is 2. The van der Waals surface area contributed by atoms with Gasteiger partial charge in [0.15, 0.2) is 5.96 Å². The van der Waals surface area contributed by atoms with Crippen molar-refractivity contribution in [1.82, 2.24) is 10.6 Å². The number of guanidine groups is 1. The summed E-state index contributed by atoms with van der Waals surface area (Å²) in [5.41, 5.74) is 3.24. The standard InChI is InChI=1S/C22H27FN4O/c1-2-24-22(26-16-17-9-11-19(23)12-10-17)25-14-5-8-21(28)27-15-13-18-6-3-4-7-20(18)27/h3-4,6-7,9-12H,2,5,8,13-16H2,1H3,(H2,24,25,26). The molecule has 0 unspecified atom stereocenters. The Morgan fingerprint density at radius 1 is 1.14 bits per heavy atom. The van der Waals surface area contributed by atoms with Gasteiger partial charge in [-0.15, -0.1) is 0 Å². The topological polar surface area (TPSA) is 56.7 Å². The van der Waals surface area contributed by atoms with Gasteiger partial charge in [0.1, 0.15) is 5.82 Å². The third kappa shape index (κ3) is 5.31. The monoisotopic (exact) mass is 382 g/mol. The zero-order valence-electron chi connectivity index (χ0n) is 16.2. The molecule has 2 aromatic carbocycles. The lowest BCUT2D eigenvalue weighted by Gasteiger charge is -2.17. The Morgan fingerprint density at radius 3 is 2.71 bits per heavy atom. The molecule has 0 saturated heterocycles. The van der Waals surface area contributed by atoms with E-state index >= 15 is 0 Å². The third-order valence-corrected chi connectivity index (χ3v) is 4.73. The van der Waals surface area contributed by atoms with Gasteiger partial charge in [0.25, 0.3) is 0 Å². The van der Waals surface area contributed by atoms with Crippen molar-refractivity contribution in [2.24, 2.45) is 4.99 Å². The number of anilines is 1. The number of para-hydroxylation sites is 1. The second kappa shape index (κ2) is 9.88. The summed E-state index contributed by atoms with van der Waals surface area (Å²) in [5.74, 6) is 0.619. The van der Waals surface area contributed by atoms with Crippen LogP contribution < -0.4 is 15.5 Å². The van der Waals surface area contributed by atoms with Crippen LogP contribution in [0.1, 0.15) is 30.9 Å². The van der Waals surface area contributed by atoms with E-state index < -0.39 is 0 Å². The average molecular weight is 382 g/mol. The lowest BCUT2D eigenvalue weighted by molar-refractivity contribution is -0.118. The van der Waals surface area contributed by atoms with Crippen molar-refractivity contribution in [2.45, 2.75) is 32.7 Å². The molecule has 0 aromatic heterocycles. The molecule has 6 heteroatoms. The molecule has 1 aliphatic rings. The van der Waals surface area contributed by atoms with Crippen LogP contribution >= 0.6 is 0 Å². The number of rotatable bonds is 7. The Balaban J connectivity index is 1.45. The van der Waals surface area contributed by atoms with Crippen LogP contribution in [-0.2, 0) is 17.8 Å². The summed E-state index contributed by atoms with van der Waals surface area (Å²) in [6, 6.07) is 14.4. The third-order valence-electron chi connectivity index (χ3n) is 4.73. The van der Waals surface area contributed by atoms with Crippen molar-refractivity contribution in [3.05, 3.63) is 65.5 Å². The number of nitrogens with one attached hydrogen (secondary N) is 2. The van der Waals surface area contributed by atoms with Crippen LogP contribution in [0.3, 0.4) is 0 Å². The zero-order chi connectivity index (χ0) is 19.8.